The number of carbonyl (C=O) groups is 1. The van der Waals surface area contributed by atoms with Crippen molar-refractivity contribution in [2.75, 3.05) is 5.32 Å². The van der Waals surface area contributed by atoms with E-state index in [4.69, 9.17) is 4.99 Å². The normalized spacial score (nSPS) is 15.8. The maximum Gasteiger partial charge on any atom is 0.271 e. The molecule has 1 amide bonds. The second kappa shape index (κ2) is 9.24. The SMILES string of the molecule is CCn1cc(C=c2sc3n(c2=O)C(c2cccs2)C(C(=O)Nc2ccccc2C)=C(C)N=3)c(C)n1. The van der Waals surface area contributed by atoms with Crippen LogP contribution in [0.4, 0.5) is 5.69 Å². The van der Waals surface area contributed by atoms with Gasteiger partial charge in [0.15, 0.2) is 4.80 Å². The molecule has 1 aliphatic rings. The summed E-state index contributed by atoms with van der Waals surface area (Å²) in [6.07, 6.45) is 3.81. The van der Waals surface area contributed by atoms with E-state index in [1.807, 2.05) is 86.4 Å². The number of fused-ring (bicyclic) bond motifs is 1. The van der Waals surface area contributed by atoms with Crippen LogP contribution in [-0.4, -0.2) is 20.3 Å². The Hall–Kier alpha value is -3.56. The van der Waals surface area contributed by atoms with E-state index in [1.165, 1.54) is 22.7 Å². The van der Waals surface area contributed by atoms with Crippen molar-refractivity contribution in [2.45, 2.75) is 40.3 Å². The van der Waals surface area contributed by atoms with Crippen LogP contribution < -0.4 is 20.2 Å². The standard InChI is InChI=1S/C26H25N5O2S2/c1-5-30-14-18(16(3)29-30)13-21-25(33)31-23(20-11-8-12-34-20)22(17(4)27-26(31)35-21)24(32)28-19-10-7-6-9-15(19)2/h6-14,23H,5H2,1-4H3,(H,28,32). The van der Waals surface area contributed by atoms with Gasteiger partial charge in [0.2, 0.25) is 0 Å². The third-order valence-electron chi connectivity index (χ3n) is 6.07. The molecule has 0 bridgehead atoms. The van der Waals surface area contributed by atoms with Crippen LogP contribution in [0.5, 0.6) is 0 Å². The van der Waals surface area contributed by atoms with Gasteiger partial charge in [0.25, 0.3) is 11.5 Å². The number of carbonyl (C=O) groups excluding carboxylic acids is 1. The average Bonchev–Trinajstić information content (AvgIpc) is 3.55. The van der Waals surface area contributed by atoms with Crippen molar-refractivity contribution in [1.82, 2.24) is 14.3 Å². The maximum atomic E-state index is 13.7. The Labute approximate surface area is 210 Å². The molecule has 0 radical (unpaired) electrons. The Morgan fingerprint density at radius 2 is 1.97 bits per heavy atom. The third-order valence-corrected chi connectivity index (χ3v) is 7.97. The quantitative estimate of drug-likeness (QED) is 0.450. The number of allylic oxidation sites excluding steroid dienone is 1. The molecular formula is C26H25N5O2S2. The predicted molar refractivity (Wildman–Crippen MR) is 141 cm³/mol. The highest BCUT2D eigenvalue weighted by molar-refractivity contribution is 7.10. The monoisotopic (exact) mass is 503 g/mol. The fraction of sp³-hybridized carbons (Fsp3) is 0.231. The molecular weight excluding hydrogens is 478 g/mol. The number of thiazole rings is 1. The van der Waals surface area contributed by atoms with E-state index in [1.54, 1.807) is 4.57 Å². The van der Waals surface area contributed by atoms with Crippen LogP contribution >= 0.6 is 22.7 Å². The smallest absolute Gasteiger partial charge is 0.271 e. The van der Waals surface area contributed by atoms with Gasteiger partial charge in [-0.2, -0.15) is 5.10 Å². The summed E-state index contributed by atoms with van der Waals surface area (Å²) in [4.78, 5) is 33.5. The van der Waals surface area contributed by atoms with E-state index >= 15 is 0 Å². The van der Waals surface area contributed by atoms with Gasteiger partial charge >= 0.3 is 0 Å². The maximum absolute atomic E-state index is 13.7. The lowest BCUT2D eigenvalue weighted by Gasteiger charge is -2.24. The van der Waals surface area contributed by atoms with Crippen molar-refractivity contribution in [3.05, 3.63) is 101 Å². The van der Waals surface area contributed by atoms with Gasteiger partial charge in [0, 0.05) is 28.9 Å². The summed E-state index contributed by atoms with van der Waals surface area (Å²) in [5.41, 5.74) is 4.39. The molecule has 178 valence electrons. The van der Waals surface area contributed by atoms with Crippen molar-refractivity contribution in [3.63, 3.8) is 0 Å². The Kier molecular flexibility index (Phi) is 6.12. The van der Waals surface area contributed by atoms with Crippen LogP contribution in [0, 0.1) is 13.8 Å². The minimum atomic E-state index is -0.545. The Balaban J connectivity index is 1.65. The van der Waals surface area contributed by atoms with Gasteiger partial charge in [-0.3, -0.25) is 18.8 Å². The van der Waals surface area contributed by atoms with Gasteiger partial charge < -0.3 is 5.32 Å². The molecule has 5 rings (SSSR count). The molecule has 0 fully saturated rings. The van der Waals surface area contributed by atoms with Crippen LogP contribution in [0.15, 0.2) is 69.0 Å². The Morgan fingerprint density at radius 1 is 1.17 bits per heavy atom. The number of aromatic nitrogens is 3. The summed E-state index contributed by atoms with van der Waals surface area (Å²) in [6, 6.07) is 11.0. The average molecular weight is 504 g/mol. The highest BCUT2D eigenvalue weighted by atomic mass is 32.1. The summed E-state index contributed by atoms with van der Waals surface area (Å²) in [5, 5.41) is 9.48. The lowest BCUT2D eigenvalue weighted by atomic mass is 10.0. The van der Waals surface area contributed by atoms with Crippen molar-refractivity contribution in [2.24, 2.45) is 4.99 Å². The molecule has 0 saturated carbocycles. The zero-order valence-electron chi connectivity index (χ0n) is 19.9. The number of amides is 1. The van der Waals surface area contributed by atoms with E-state index in [0.29, 0.717) is 20.6 Å². The molecule has 3 aromatic heterocycles. The molecule has 4 heterocycles. The molecule has 1 N–H and O–H groups in total. The molecule has 35 heavy (non-hydrogen) atoms. The molecule has 1 atom stereocenters. The highest BCUT2D eigenvalue weighted by Crippen LogP contribution is 2.33. The van der Waals surface area contributed by atoms with Gasteiger partial charge in [-0.15, -0.1) is 11.3 Å². The molecule has 1 aromatic carbocycles. The largest absolute Gasteiger partial charge is 0.322 e. The summed E-state index contributed by atoms with van der Waals surface area (Å²) >= 11 is 2.86. The number of rotatable bonds is 5. The molecule has 1 aliphatic heterocycles. The van der Waals surface area contributed by atoms with Crippen LogP contribution in [0.1, 0.15) is 41.6 Å². The number of benzene rings is 1. The van der Waals surface area contributed by atoms with Crippen molar-refractivity contribution >= 4 is 40.3 Å². The summed E-state index contributed by atoms with van der Waals surface area (Å²) in [5.74, 6) is -0.256. The number of hydrogen-bond donors (Lipinski definition) is 1. The summed E-state index contributed by atoms with van der Waals surface area (Å²) < 4.78 is 4.07. The zero-order valence-corrected chi connectivity index (χ0v) is 21.5. The van der Waals surface area contributed by atoms with Gasteiger partial charge in [-0.05, 0) is 56.8 Å². The van der Waals surface area contributed by atoms with Gasteiger partial charge in [0.05, 0.1) is 21.5 Å². The van der Waals surface area contributed by atoms with Crippen LogP contribution in [0.2, 0.25) is 0 Å². The molecule has 0 saturated heterocycles. The number of aryl methyl sites for hydroxylation is 3. The lowest BCUT2D eigenvalue weighted by molar-refractivity contribution is -0.113. The first kappa shape index (κ1) is 23.2. The van der Waals surface area contributed by atoms with Crippen LogP contribution in [0.25, 0.3) is 6.08 Å². The van der Waals surface area contributed by atoms with E-state index < -0.39 is 6.04 Å². The predicted octanol–water partition coefficient (Wildman–Crippen LogP) is 3.77. The lowest BCUT2D eigenvalue weighted by Crippen LogP contribution is -2.40. The minimum Gasteiger partial charge on any atom is -0.322 e. The summed E-state index contributed by atoms with van der Waals surface area (Å²) in [6.45, 7) is 8.50. The Bertz CT molecular complexity index is 1640. The van der Waals surface area contributed by atoms with Crippen molar-refractivity contribution in [3.8, 4) is 0 Å². The van der Waals surface area contributed by atoms with Gasteiger partial charge in [-0.25, -0.2) is 4.99 Å². The topological polar surface area (TPSA) is 81.3 Å². The van der Waals surface area contributed by atoms with Crippen LogP contribution in [0.3, 0.4) is 0 Å². The van der Waals surface area contributed by atoms with E-state index in [0.717, 1.165) is 33.9 Å². The molecule has 9 heteroatoms. The first-order chi connectivity index (χ1) is 16.9. The minimum absolute atomic E-state index is 0.163. The fourth-order valence-electron chi connectivity index (χ4n) is 4.21. The Morgan fingerprint density at radius 3 is 2.66 bits per heavy atom. The van der Waals surface area contributed by atoms with Crippen LogP contribution in [-0.2, 0) is 11.3 Å². The molecule has 7 nitrogen and oxygen atoms in total. The van der Waals surface area contributed by atoms with E-state index in [9.17, 15) is 9.59 Å². The fourth-order valence-corrected chi connectivity index (χ4v) is 6.07. The number of thiophene rings is 1. The molecule has 0 aliphatic carbocycles. The number of nitrogens with one attached hydrogen (secondary N) is 1. The van der Waals surface area contributed by atoms with Gasteiger partial charge in [0.1, 0.15) is 6.04 Å². The second-order valence-corrected chi connectivity index (χ2v) is 10.4. The number of para-hydroxylation sites is 1. The molecule has 1 unspecified atom stereocenters. The number of anilines is 1. The third kappa shape index (κ3) is 4.21. The number of nitrogens with zero attached hydrogens (tertiary/aromatic N) is 4. The second-order valence-electron chi connectivity index (χ2n) is 8.39. The first-order valence-corrected chi connectivity index (χ1v) is 13.0. The zero-order chi connectivity index (χ0) is 24.7. The highest BCUT2D eigenvalue weighted by Gasteiger charge is 2.33. The number of hydrogen-bond acceptors (Lipinski definition) is 6. The molecule has 0 spiro atoms. The molecule has 4 aromatic rings. The van der Waals surface area contributed by atoms with Crippen molar-refractivity contribution < 1.29 is 4.79 Å². The van der Waals surface area contributed by atoms with E-state index in [-0.39, 0.29) is 11.5 Å². The van der Waals surface area contributed by atoms with Gasteiger partial charge in [-0.1, -0.05) is 35.6 Å². The van der Waals surface area contributed by atoms with Crippen molar-refractivity contribution in [1.29, 1.82) is 0 Å². The van der Waals surface area contributed by atoms with E-state index in [2.05, 4.69) is 10.4 Å². The summed E-state index contributed by atoms with van der Waals surface area (Å²) in [7, 11) is 0. The first-order valence-electron chi connectivity index (χ1n) is 11.3.